The predicted octanol–water partition coefficient (Wildman–Crippen LogP) is 20.4. The summed E-state index contributed by atoms with van der Waals surface area (Å²) in [7, 11) is 0. The summed E-state index contributed by atoms with van der Waals surface area (Å²) >= 11 is 0. The molecule has 0 aromatic rings. The van der Waals surface area contributed by atoms with Crippen LogP contribution in [-0.2, 0) is 28.6 Å². The lowest BCUT2D eigenvalue weighted by atomic mass is 10.0. The van der Waals surface area contributed by atoms with Gasteiger partial charge >= 0.3 is 17.9 Å². The van der Waals surface area contributed by atoms with E-state index in [2.05, 4.69) is 57.2 Å². The minimum absolute atomic E-state index is 0.0741. The fraction of sp³-hybridized carbons (Fsp3) is 0.857. The smallest absolute Gasteiger partial charge is 0.306 e. The maximum Gasteiger partial charge on any atom is 0.306 e. The van der Waals surface area contributed by atoms with E-state index < -0.39 is 6.10 Å². The Morgan fingerprint density at radius 2 is 0.522 bits per heavy atom. The van der Waals surface area contributed by atoms with Crippen molar-refractivity contribution in [3.63, 3.8) is 0 Å². The number of hydrogen-bond acceptors (Lipinski definition) is 6. The van der Waals surface area contributed by atoms with Crippen LogP contribution in [0.2, 0.25) is 0 Å². The highest BCUT2D eigenvalue weighted by Gasteiger charge is 2.19. The molecule has 0 radical (unpaired) electrons. The molecule has 0 N–H and O–H groups in total. The molecular weight excluding hydrogens is 853 g/mol. The molecule has 0 aromatic heterocycles. The average Bonchev–Trinajstić information content (AvgIpc) is 3.35. The number of allylic oxidation sites excluding steroid dienone is 6. The molecule has 0 fully saturated rings. The van der Waals surface area contributed by atoms with E-state index in [9.17, 15) is 14.4 Å². The van der Waals surface area contributed by atoms with Gasteiger partial charge in [-0.25, -0.2) is 0 Å². The lowest BCUT2D eigenvalue weighted by molar-refractivity contribution is -0.167. The van der Waals surface area contributed by atoms with Crippen LogP contribution in [0.1, 0.15) is 329 Å². The SMILES string of the molecule is CCCCC/C=C\C/C=C\CCCCCCCCCC(=O)OC[C@H](COC(=O)CCCCCCCCCCCCCCCCCCCCC)OC(=O)CCCCCCC/C=C\CCCCCCCC. The molecule has 404 valence electrons. The van der Waals surface area contributed by atoms with Crippen LogP contribution in [0.15, 0.2) is 36.5 Å². The molecule has 0 saturated carbocycles. The fourth-order valence-electron chi connectivity index (χ4n) is 9.00. The van der Waals surface area contributed by atoms with E-state index in [-0.39, 0.29) is 31.1 Å². The second-order valence-electron chi connectivity index (χ2n) is 20.6. The number of rotatable bonds is 56. The van der Waals surface area contributed by atoms with Crippen LogP contribution >= 0.6 is 0 Å². The summed E-state index contributed by atoms with van der Waals surface area (Å²) in [6.45, 7) is 6.65. The Balaban J connectivity index is 4.34. The van der Waals surface area contributed by atoms with Gasteiger partial charge in [0.25, 0.3) is 0 Å². The molecule has 6 heteroatoms. The Morgan fingerprint density at radius 1 is 0.290 bits per heavy atom. The van der Waals surface area contributed by atoms with E-state index in [4.69, 9.17) is 14.2 Å². The third kappa shape index (κ3) is 56.4. The summed E-state index contributed by atoms with van der Waals surface area (Å²) in [6, 6.07) is 0. The van der Waals surface area contributed by atoms with Gasteiger partial charge in [0.05, 0.1) is 0 Å². The zero-order chi connectivity index (χ0) is 50.0. The lowest BCUT2D eigenvalue weighted by Crippen LogP contribution is -2.30. The molecule has 0 rings (SSSR count). The lowest BCUT2D eigenvalue weighted by Gasteiger charge is -2.18. The number of carbonyl (C=O) groups excluding carboxylic acids is 3. The van der Waals surface area contributed by atoms with E-state index in [0.717, 1.165) is 77.0 Å². The molecule has 6 nitrogen and oxygen atoms in total. The van der Waals surface area contributed by atoms with Crippen LogP contribution in [0.3, 0.4) is 0 Å². The fourth-order valence-corrected chi connectivity index (χ4v) is 9.00. The molecule has 1 atom stereocenters. The summed E-state index contributed by atoms with van der Waals surface area (Å²) in [4.78, 5) is 38.2. The maximum absolute atomic E-state index is 12.9. The van der Waals surface area contributed by atoms with Crippen molar-refractivity contribution >= 4 is 17.9 Å². The molecule has 0 aliphatic carbocycles. The molecule has 0 amide bonds. The highest BCUT2D eigenvalue weighted by Crippen LogP contribution is 2.17. The van der Waals surface area contributed by atoms with Crippen molar-refractivity contribution in [2.45, 2.75) is 335 Å². The molecule has 69 heavy (non-hydrogen) atoms. The molecule has 0 aromatic carbocycles. The minimum atomic E-state index is -0.777. The zero-order valence-electron chi connectivity index (χ0n) is 46.3. The third-order valence-corrected chi connectivity index (χ3v) is 13.6. The number of esters is 3. The van der Waals surface area contributed by atoms with Crippen molar-refractivity contribution in [2.24, 2.45) is 0 Å². The summed E-state index contributed by atoms with van der Waals surface area (Å²) in [5.41, 5.74) is 0. The van der Waals surface area contributed by atoms with Crippen LogP contribution in [0.25, 0.3) is 0 Å². The van der Waals surface area contributed by atoms with E-state index in [0.29, 0.717) is 19.3 Å². The standard InChI is InChI=1S/C63H116O6/c1-4-7-10-13-16-19-22-25-28-30-31-33-36-38-41-44-47-50-53-56-62(65)68-59-60(69-63(66)57-54-51-48-45-42-39-34-27-24-21-18-15-12-9-6-3)58-67-61(64)55-52-49-46-43-40-37-35-32-29-26-23-20-17-14-11-8-5-2/h17,20,26-27,29,34,60H,4-16,18-19,21-25,28,30-33,35-59H2,1-3H3/b20-17-,29-26-,34-27-/t60-/m1/s1. The monoisotopic (exact) mass is 969 g/mol. The second kappa shape index (κ2) is 58.2. The van der Waals surface area contributed by atoms with Gasteiger partial charge < -0.3 is 14.2 Å². The second-order valence-corrected chi connectivity index (χ2v) is 20.6. The molecule has 0 aliphatic rings. The molecule has 0 bridgehead atoms. The molecular formula is C63H116O6. The summed E-state index contributed by atoms with van der Waals surface area (Å²) in [6.07, 6.45) is 69.9. The zero-order valence-corrected chi connectivity index (χ0v) is 46.3. The highest BCUT2D eigenvalue weighted by atomic mass is 16.6. The summed E-state index contributed by atoms with van der Waals surface area (Å²) < 4.78 is 16.9. The number of ether oxygens (including phenoxy) is 3. The topological polar surface area (TPSA) is 78.9 Å². The van der Waals surface area contributed by atoms with Crippen molar-refractivity contribution in [3.8, 4) is 0 Å². The first kappa shape index (κ1) is 66.6. The van der Waals surface area contributed by atoms with Crippen molar-refractivity contribution in [3.05, 3.63) is 36.5 Å². The maximum atomic E-state index is 12.9. The van der Waals surface area contributed by atoms with Crippen LogP contribution < -0.4 is 0 Å². The van der Waals surface area contributed by atoms with E-state index >= 15 is 0 Å². The van der Waals surface area contributed by atoms with Crippen LogP contribution in [0.4, 0.5) is 0 Å². The largest absolute Gasteiger partial charge is 0.462 e. The van der Waals surface area contributed by atoms with Gasteiger partial charge in [-0.15, -0.1) is 0 Å². The molecule has 0 aliphatic heterocycles. The quantitative estimate of drug-likeness (QED) is 0.0261. The van der Waals surface area contributed by atoms with Gasteiger partial charge in [0.1, 0.15) is 13.2 Å². The van der Waals surface area contributed by atoms with Gasteiger partial charge in [0, 0.05) is 19.3 Å². The molecule has 0 spiro atoms. The first-order valence-corrected chi connectivity index (χ1v) is 30.5. The normalized spacial score (nSPS) is 12.2. The summed E-state index contributed by atoms with van der Waals surface area (Å²) in [5, 5.41) is 0. The first-order valence-electron chi connectivity index (χ1n) is 30.5. The Kier molecular flexibility index (Phi) is 56.2. The van der Waals surface area contributed by atoms with E-state index in [1.165, 1.54) is 212 Å². The van der Waals surface area contributed by atoms with Crippen molar-refractivity contribution < 1.29 is 28.6 Å². The number of unbranched alkanes of at least 4 members (excludes halogenated alkanes) is 39. The van der Waals surface area contributed by atoms with Gasteiger partial charge in [0.15, 0.2) is 6.10 Å². The molecule has 0 unspecified atom stereocenters. The summed E-state index contributed by atoms with van der Waals surface area (Å²) in [5.74, 6) is -0.870. The highest BCUT2D eigenvalue weighted by molar-refractivity contribution is 5.71. The van der Waals surface area contributed by atoms with Gasteiger partial charge in [0.2, 0.25) is 0 Å². The predicted molar refractivity (Wildman–Crippen MR) is 298 cm³/mol. The third-order valence-electron chi connectivity index (χ3n) is 13.6. The van der Waals surface area contributed by atoms with Crippen LogP contribution in [-0.4, -0.2) is 37.2 Å². The van der Waals surface area contributed by atoms with E-state index in [1.807, 2.05) is 0 Å². The first-order chi connectivity index (χ1) is 34.0. The van der Waals surface area contributed by atoms with Crippen molar-refractivity contribution in [1.29, 1.82) is 0 Å². The van der Waals surface area contributed by atoms with Gasteiger partial charge in [-0.2, -0.15) is 0 Å². The van der Waals surface area contributed by atoms with Gasteiger partial charge in [-0.1, -0.05) is 269 Å². The Morgan fingerprint density at radius 3 is 0.841 bits per heavy atom. The van der Waals surface area contributed by atoms with Crippen LogP contribution in [0, 0.1) is 0 Å². The average molecular weight is 970 g/mol. The van der Waals surface area contributed by atoms with Gasteiger partial charge in [-0.05, 0) is 77.0 Å². The van der Waals surface area contributed by atoms with Crippen molar-refractivity contribution in [1.82, 2.24) is 0 Å². The van der Waals surface area contributed by atoms with Crippen LogP contribution in [0.5, 0.6) is 0 Å². The molecule has 0 saturated heterocycles. The Hall–Kier alpha value is -2.37. The van der Waals surface area contributed by atoms with Crippen molar-refractivity contribution in [2.75, 3.05) is 13.2 Å². The minimum Gasteiger partial charge on any atom is -0.462 e. The number of carbonyl (C=O) groups is 3. The number of hydrogen-bond donors (Lipinski definition) is 0. The van der Waals surface area contributed by atoms with E-state index in [1.54, 1.807) is 0 Å². The van der Waals surface area contributed by atoms with Gasteiger partial charge in [-0.3, -0.25) is 14.4 Å². The Labute approximate surface area is 429 Å². The Bertz CT molecular complexity index is 1160. The molecule has 0 heterocycles.